The zero-order valence-corrected chi connectivity index (χ0v) is 11.7. The first-order valence-electron chi connectivity index (χ1n) is 6.21. The maximum Gasteiger partial charge on any atom is 0.241 e. The van der Waals surface area contributed by atoms with Crippen molar-refractivity contribution in [2.24, 2.45) is 11.1 Å². The van der Waals surface area contributed by atoms with Crippen LogP contribution in [0.15, 0.2) is 22.6 Å². The first-order valence-corrected chi connectivity index (χ1v) is 6.21. The molecular formula is C14H19N3O2. The number of nitrogens with zero attached hydrogens (tertiary/aromatic N) is 1. The molecule has 5 nitrogen and oxygen atoms in total. The number of nitrogens with one attached hydrogen (secondary N) is 1. The van der Waals surface area contributed by atoms with Crippen molar-refractivity contribution in [3.05, 3.63) is 24.1 Å². The van der Waals surface area contributed by atoms with Crippen molar-refractivity contribution < 1.29 is 9.21 Å². The van der Waals surface area contributed by atoms with Crippen molar-refractivity contribution >= 4 is 22.7 Å². The summed E-state index contributed by atoms with van der Waals surface area (Å²) in [5, 5.41) is 2.80. The molecule has 0 aliphatic carbocycles. The second kappa shape index (κ2) is 4.66. The monoisotopic (exact) mass is 261 g/mol. The molecule has 1 aromatic heterocycles. The van der Waals surface area contributed by atoms with E-state index in [1.807, 2.05) is 20.8 Å². The van der Waals surface area contributed by atoms with Gasteiger partial charge in [0.2, 0.25) is 5.91 Å². The van der Waals surface area contributed by atoms with Gasteiger partial charge in [-0.2, -0.15) is 0 Å². The van der Waals surface area contributed by atoms with E-state index in [1.165, 1.54) is 0 Å². The number of carbonyl (C=O) groups is 1. The van der Waals surface area contributed by atoms with Crippen LogP contribution in [-0.2, 0) is 4.79 Å². The zero-order valence-electron chi connectivity index (χ0n) is 11.7. The lowest BCUT2D eigenvalue weighted by atomic mass is 9.87. The third-order valence-corrected chi connectivity index (χ3v) is 2.98. The fraction of sp³-hybridized carbons (Fsp3) is 0.429. The van der Waals surface area contributed by atoms with Crippen molar-refractivity contribution in [1.29, 1.82) is 0 Å². The Labute approximate surface area is 112 Å². The molecule has 1 atom stereocenters. The Bertz CT molecular complexity index is 611. The molecule has 0 fully saturated rings. The molecule has 0 saturated carbocycles. The van der Waals surface area contributed by atoms with Crippen molar-refractivity contribution in [2.45, 2.75) is 33.7 Å². The van der Waals surface area contributed by atoms with Crippen LogP contribution in [0.2, 0.25) is 0 Å². The van der Waals surface area contributed by atoms with Gasteiger partial charge in [-0.15, -0.1) is 0 Å². The number of hydrogen-bond acceptors (Lipinski definition) is 4. The summed E-state index contributed by atoms with van der Waals surface area (Å²) in [6.45, 7) is 7.58. The lowest BCUT2D eigenvalue weighted by Crippen LogP contribution is -2.45. The highest BCUT2D eigenvalue weighted by Crippen LogP contribution is 2.22. The average molecular weight is 261 g/mol. The van der Waals surface area contributed by atoms with Gasteiger partial charge in [0.15, 0.2) is 11.5 Å². The summed E-state index contributed by atoms with van der Waals surface area (Å²) < 4.78 is 5.38. The first kappa shape index (κ1) is 13.5. The Morgan fingerprint density at radius 3 is 2.74 bits per heavy atom. The van der Waals surface area contributed by atoms with Crippen molar-refractivity contribution in [3.8, 4) is 0 Å². The quantitative estimate of drug-likeness (QED) is 0.870. The summed E-state index contributed by atoms with van der Waals surface area (Å²) in [6, 6.07) is 4.77. The van der Waals surface area contributed by atoms with Gasteiger partial charge in [0.25, 0.3) is 0 Å². The van der Waals surface area contributed by atoms with E-state index in [1.54, 1.807) is 25.1 Å². The lowest BCUT2D eigenvalue weighted by molar-refractivity contribution is -0.119. The Kier molecular flexibility index (Phi) is 3.32. The van der Waals surface area contributed by atoms with Gasteiger partial charge >= 0.3 is 0 Å². The molecule has 1 aromatic carbocycles. The summed E-state index contributed by atoms with van der Waals surface area (Å²) in [4.78, 5) is 16.2. The van der Waals surface area contributed by atoms with Crippen molar-refractivity contribution in [2.75, 3.05) is 5.32 Å². The smallest absolute Gasteiger partial charge is 0.241 e. The molecule has 5 heteroatoms. The number of aryl methyl sites for hydroxylation is 1. The van der Waals surface area contributed by atoms with Crippen LogP contribution in [0.5, 0.6) is 0 Å². The third kappa shape index (κ3) is 2.93. The van der Waals surface area contributed by atoms with Gasteiger partial charge in [-0.05, 0) is 23.6 Å². The fourth-order valence-corrected chi connectivity index (χ4v) is 1.73. The second-order valence-electron chi connectivity index (χ2n) is 5.75. The van der Waals surface area contributed by atoms with E-state index >= 15 is 0 Å². The van der Waals surface area contributed by atoms with Crippen molar-refractivity contribution in [3.63, 3.8) is 0 Å². The fourth-order valence-electron chi connectivity index (χ4n) is 1.73. The number of rotatable bonds is 2. The lowest BCUT2D eigenvalue weighted by Gasteiger charge is -2.25. The highest BCUT2D eigenvalue weighted by atomic mass is 16.3. The second-order valence-corrected chi connectivity index (χ2v) is 5.75. The number of oxazole rings is 1. The van der Waals surface area contributed by atoms with Crippen LogP contribution in [0.4, 0.5) is 5.69 Å². The van der Waals surface area contributed by atoms with Gasteiger partial charge in [0.1, 0.15) is 5.52 Å². The largest absolute Gasteiger partial charge is 0.441 e. The maximum absolute atomic E-state index is 12.0. The maximum atomic E-state index is 12.0. The van der Waals surface area contributed by atoms with Gasteiger partial charge < -0.3 is 15.5 Å². The molecule has 0 aliphatic rings. The van der Waals surface area contributed by atoms with Crippen LogP contribution < -0.4 is 11.1 Å². The SMILES string of the molecule is Cc1nc2cc(NC(=O)[C@H](N)C(C)(C)C)ccc2o1. The molecule has 0 spiro atoms. The summed E-state index contributed by atoms with van der Waals surface area (Å²) in [6.07, 6.45) is 0. The number of carbonyl (C=O) groups excluding carboxylic acids is 1. The van der Waals surface area contributed by atoms with E-state index in [0.717, 1.165) is 5.52 Å². The number of amides is 1. The Morgan fingerprint density at radius 2 is 2.11 bits per heavy atom. The minimum Gasteiger partial charge on any atom is -0.441 e. The molecular weight excluding hydrogens is 242 g/mol. The summed E-state index contributed by atoms with van der Waals surface area (Å²) in [5.41, 5.74) is 7.73. The predicted molar refractivity (Wildman–Crippen MR) is 74.8 cm³/mol. The van der Waals surface area contributed by atoms with E-state index in [-0.39, 0.29) is 11.3 Å². The number of anilines is 1. The van der Waals surface area contributed by atoms with Gasteiger partial charge in [-0.3, -0.25) is 4.79 Å². The standard InChI is InChI=1S/C14H19N3O2/c1-8-16-10-7-9(5-6-11(10)19-8)17-13(18)12(15)14(2,3)4/h5-7,12H,15H2,1-4H3,(H,17,18)/t12-/m0/s1. The van der Waals surface area contributed by atoms with E-state index in [2.05, 4.69) is 10.3 Å². The molecule has 102 valence electrons. The minimum atomic E-state index is -0.567. The van der Waals surface area contributed by atoms with Crippen LogP contribution >= 0.6 is 0 Å². The van der Waals surface area contributed by atoms with Crippen molar-refractivity contribution in [1.82, 2.24) is 4.98 Å². The first-order chi connectivity index (χ1) is 8.77. The molecule has 3 N–H and O–H groups in total. The highest BCUT2D eigenvalue weighted by molar-refractivity contribution is 5.96. The van der Waals surface area contributed by atoms with Gasteiger partial charge in [0, 0.05) is 12.6 Å². The summed E-state index contributed by atoms with van der Waals surface area (Å²) in [5.74, 6) is 0.400. The zero-order chi connectivity index (χ0) is 14.2. The Balaban J connectivity index is 2.19. The molecule has 0 bridgehead atoms. The van der Waals surface area contributed by atoms with Crippen LogP contribution in [0.25, 0.3) is 11.1 Å². The average Bonchev–Trinajstić information content (AvgIpc) is 2.66. The summed E-state index contributed by atoms with van der Waals surface area (Å²) >= 11 is 0. The number of nitrogens with two attached hydrogens (primary N) is 1. The van der Waals surface area contributed by atoms with Gasteiger partial charge in [0.05, 0.1) is 6.04 Å². The van der Waals surface area contributed by atoms with Crippen LogP contribution in [0, 0.1) is 12.3 Å². The van der Waals surface area contributed by atoms with E-state index in [4.69, 9.17) is 10.2 Å². The topological polar surface area (TPSA) is 81.2 Å². The molecule has 19 heavy (non-hydrogen) atoms. The molecule has 0 radical (unpaired) electrons. The minimum absolute atomic E-state index is 0.202. The van der Waals surface area contributed by atoms with Crippen LogP contribution in [0.3, 0.4) is 0 Å². The predicted octanol–water partition coefficient (Wildman–Crippen LogP) is 2.45. The highest BCUT2D eigenvalue weighted by Gasteiger charge is 2.27. The van der Waals surface area contributed by atoms with E-state index in [0.29, 0.717) is 17.2 Å². The molecule has 1 heterocycles. The molecule has 0 saturated heterocycles. The number of hydrogen-bond donors (Lipinski definition) is 2. The number of fused-ring (bicyclic) bond motifs is 1. The third-order valence-electron chi connectivity index (χ3n) is 2.98. The summed E-state index contributed by atoms with van der Waals surface area (Å²) in [7, 11) is 0. The van der Waals surface area contributed by atoms with Crippen LogP contribution in [0.1, 0.15) is 26.7 Å². The Morgan fingerprint density at radius 1 is 1.42 bits per heavy atom. The molecule has 0 aliphatic heterocycles. The van der Waals surface area contributed by atoms with E-state index < -0.39 is 6.04 Å². The number of aromatic nitrogens is 1. The molecule has 1 amide bonds. The molecule has 0 unspecified atom stereocenters. The van der Waals surface area contributed by atoms with E-state index in [9.17, 15) is 4.79 Å². The normalized spacial score (nSPS) is 13.5. The number of benzene rings is 1. The van der Waals surface area contributed by atoms with Crippen LogP contribution in [-0.4, -0.2) is 16.9 Å². The van der Waals surface area contributed by atoms with Gasteiger partial charge in [-0.25, -0.2) is 4.98 Å². The van der Waals surface area contributed by atoms with Gasteiger partial charge in [-0.1, -0.05) is 20.8 Å². The molecule has 2 rings (SSSR count). The molecule has 2 aromatic rings. The Hall–Kier alpha value is -1.88.